The highest BCUT2D eigenvalue weighted by Gasteiger charge is 2.03. The Bertz CT molecular complexity index is 622. The van der Waals surface area contributed by atoms with Gasteiger partial charge in [0.15, 0.2) is 5.82 Å². The quantitative estimate of drug-likeness (QED) is 0.832. The van der Waals surface area contributed by atoms with Gasteiger partial charge in [0.05, 0.1) is 6.54 Å². The third-order valence-electron chi connectivity index (χ3n) is 2.70. The molecule has 0 aliphatic rings. The lowest BCUT2D eigenvalue weighted by Crippen LogP contribution is -2.04. The van der Waals surface area contributed by atoms with Crippen LogP contribution in [0.2, 0.25) is 0 Å². The average molecular weight is 256 g/mol. The molecule has 5 heteroatoms. The molecule has 0 amide bonds. The summed E-state index contributed by atoms with van der Waals surface area (Å²) in [6.07, 6.45) is 1.51. The molecule has 0 unspecified atom stereocenters. The fraction of sp³-hybridized carbons (Fsp3) is 0.286. The van der Waals surface area contributed by atoms with Gasteiger partial charge in [-0.25, -0.2) is 4.98 Å². The van der Waals surface area contributed by atoms with E-state index in [-0.39, 0.29) is 0 Å². The van der Waals surface area contributed by atoms with Crippen LogP contribution in [-0.2, 0) is 13.7 Å². The molecule has 5 nitrogen and oxygen atoms in total. The van der Waals surface area contributed by atoms with Crippen LogP contribution in [0.5, 0.6) is 5.75 Å². The molecule has 2 rings (SSSR count). The summed E-state index contributed by atoms with van der Waals surface area (Å²) in [6, 6.07) is 5.78. The lowest BCUT2D eigenvalue weighted by atomic mass is 10.1. The highest BCUT2D eigenvalue weighted by molar-refractivity contribution is 5.44. The molecule has 98 valence electrons. The molecule has 2 aromatic rings. The summed E-state index contributed by atoms with van der Waals surface area (Å²) in [5.74, 6) is 7.44. The monoisotopic (exact) mass is 256 g/mol. The van der Waals surface area contributed by atoms with Crippen LogP contribution in [0.25, 0.3) is 0 Å². The summed E-state index contributed by atoms with van der Waals surface area (Å²) < 4.78 is 7.36. The number of aromatic nitrogens is 3. The molecule has 0 spiro atoms. The number of hydrogen-bond donors (Lipinski definition) is 1. The van der Waals surface area contributed by atoms with Gasteiger partial charge in [0.1, 0.15) is 18.7 Å². The second-order valence-corrected chi connectivity index (χ2v) is 4.07. The van der Waals surface area contributed by atoms with Crippen molar-refractivity contribution in [3.8, 4) is 17.6 Å². The van der Waals surface area contributed by atoms with Gasteiger partial charge in [0.25, 0.3) is 0 Å². The first kappa shape index (κ1) is 13.1. The number of nitrogens with two attached hydrogens (primary N) is 1. The molecular weight excluding hydrogens is 240 g/mol. The SMILES string of the molecule is Cc1cc(OCc2ncnn2C)ccc1C#CCN. The summed E-state index contributed by atoms with van der Waals surface area (Å²) in [5, 5.41) is 3.99. The zero-order valence-electron chi connectivity index (χ0n) is 11.1. The molecule has 0 aliphatic carbocycles. The van der Waals surface area contributed by atoms with E-state index in [0.717, 1.165) is 22.7 Å². The van der Waals surface area contributed by atoms with Crippen molar-refractivity contribution in [2.75, 3.05) is 6.54 Å². The maximum atomic E-state index is 5.68. The first-order valence-corrected chi connectivity index (χ1v) is 5.96. The highest BCUT2D eigenvalue weighted by Crippen LogP contribution is 2.17. The van der Waals surface area contributed by atoms with E-state index < -0.39 is 0 Å². The standard InChI is InChI=1S/C14H16N4O/c1-11-8-13(6-5-12(11)4-3-7-15)19-9-14-16-10-17-18(14)2/h5-6,8,10H,7,9,15H2,1-2H3. The largest absolute Gasteiger partial charge is 0.486 e. The number of nitrogens with zero attached hydrogens (tertiary/aromatic N) is 3. The minimum Gasteiger partial charge on any atom is -0.486 e. The van der Waals surface area contributed by atoms with Crippen molar-refractivity contribution in [2.24, 2.45) is 12.8 Å². The van der Waals surface area contributed by atoms with Gasteiger partial charge < -0.3 is 10.5 Å². The minimum atomic E-state index is 0.365. The first-order valence-electron chi connectivity index (χ1n) is 5.96. The Morgan fingerprint density at radius 1 is 1.42 bits per heavy atom. The van der Waals surface area contributed by atoms with Crippen molar-refractivity contribution in [3.63, 3.8) is 0 Å². The van der Waals surface area contributed by atoms with Gasteiger partial charge >= 0.3 is 0 Å². The average Bonchev–Trinajstić information content (AvgIpc) is 2.81. The van der Waals surface area contributed by atoms with Crippen LogP contribution in [0.4, 0.5) is 0 Å². The molecule has 1 aromatic carbocycles. The second-order valence-electron chi connectivity index (χ2n) is 4.07. The third-order valence-corrected chi connectivity index (χ3v) is 2.70. The Kier molecular flexibility index (Phi) is 4.16. The Hall–Kier alpha value is -2.32. The van der Waals surface area contributed by atoms with Gasteiger partial charge in [-0.05, 0) is 30.7 Å². The van der Waals surface area contributed by atoms with Crippen LogP contribution in [0.1, 0.15) is 17.0 Å². The van der Waals surface area contributed by atoms with Crippen LogP contribution in [0.15, 0.2) is 24.5 Å². The number of aryl methyl sites for hydroxylation is 2. The van der Waals surface area contributed by atoms with Crippen LogP contribution in [0, 0.1) is 18.8 Å². The van der Waals surface area contributed by atoms with Crippen molar-refractivity contribution in [1.29, 1.82) is 0 Å². The minimum absolute atomic E-state index is 0.365. The molecule has 0 aliphatic heterocycles. The number of rotatable bonds is 3. The van der Waals surface area contributed by atoms with Crippen molar-refractivity contribution in [3.05, 3.63) is 41.5 Å². The highest BCUT2D eigenvalue weighted by atomic mass is 16.5. The van der Waals surface area contributed by atoms with Gasteiger partial charge in [-0.2, -0.15) is 5.10 Å². The van der Waals surface area contributed by atoms with Crippen molar-refractivity contribution < 1.29 is 4.74 Å². The topological polar surface area (TPSA) is 66.0 Å². The molecule has 0 saturated heterocycles. The third kappa shape index (κ3) is 3.33. The molecule has 0 atom stereocenters. The predicted molar refractivity (Wildman–Crippen MR) is 72.4 cm³/mol. The Morgan fingerprint density at radius 2 is 2.26 bits per heavy atom. The number of benzene rings is 1. The predicted octanol–water partition coefficient (Wildman–Crippen LogP) is 1.01. The van der Waals surface area contributed by atoms with Crippen LogP contribution in [-0.4, -0.2) is 21.3 Å². The van der Waals surface area contributed by atoms with Gasteiger partial charge in [-0.1, -0.05) is 11.8 Å². The lowest BCUT2D eigenvalue weighted by molar-refractivity contribution is 0.289. The molecule has 0 fully saturated rings. The van der Waals surface area contributed by atoms with E-state index in [0.29, 0.717) is 13.2 Å². The van der Waals surface area contributed by atoms with E-state index in [2.05, 4.69) is 21.9 Å². The van der Waals surface area contributed by atoms with Gasteiger partial charge in [-0.15, -0.1) is 0 Å². The fourth-order valence-electron chi connectivity index (χ4n) is 1.61. The molecule has 0 bridgehead atoms. The first-order chi connectivity index (χ1) is 9.20. The van der Waals surface area contributed by atoms with Gasteiger partial charge in [0, 0.05) is 12.6 Å². The van der Waals surface area contributed by atoms with E-state index >= 15 is 0 Å². The molecule has 2 N–H and O–H groups in total. The normalized spacial score (nSPS) is 9.84. The Labute approximate surface area is 112 Å². The summed E-state index contributed by atoms with van der Waals surface area (Å²) in [7, 11) is 1.84. The molecule has 1 aromatic heterocycles. The van der Waals surface area contributed by atoms with Gasteiger partial charge in [-0.3, -0.25) is 4.68 Å². The summed E-state index contributed by atoms with van der Waals surface area (Å²) in [6.45, 7) is 2.75. The molecule has 1 heterocycles. The summed E-state index contributed by atoms with van der Waals surface area (Å²) >= 11 is 0. The molecule has 0 radical (unpaired) electrons. The van der Waals surface area contributed by atoms with Crippen LogP contribution < -0.4 is 10.5 Å². The lowest BCUT2D eigenvalue weighted by Gasteiger charge is -2.07. The van der Waals surface area contributed by atoms with Crippen molar-refractivity contribution >= 4 is 0 Å². The van der Waals surface area contributed by atoms with E-state index in [9.17, 15) is 0 Å². The number of hydrogen-bond acceptors (Lipinski definition) is 4. The number of ether oxygens (including phenoxy) is 1. The molecule has 0 saturated carbocycles. The van der Waals surface area contributed by atoms with E-state index in [1.807, 2.05) is 32.2 Å². The van der Waals surface area contributed by atoms with E-state index in [1.165, 1.54) is 6.33 Å². The summed E-state index contributed by atoms with van der Waals surface area (Å²) in [5.41, 5.74) is 7.39. The summed E-state index contributed by atoms with van der Waals surface area (Å²) in [4.78, 5) is 4.10. The zero-order chi connectivity index (χ0) is 13.7. The smallest absolute Gasteiger partial charge is 0.164 e. The molecular formula is C14H16N4O. The Morgan fingerprint density at radius 3 is 2.89 bits per heavy atom. The van der Waals surface area contributed by atoms with Crippen molar-refractivity contribution in [2.45, 2.75) is 13.5 Å². The zero-order valence-corrected chi connectivity index (χ0v) is 11.1. The fourth-order valence-corrected chi connectivity index (χ4v) is 1.61. The maximum absolute atomic E-state index is 5.68. The van der Waals surface area contributed by atoms with Crippen molar-refractivity contribution in [1.82, 2.24) is 14.8 Å². The molecule has 19 heavy (non-hydrogen) atoms. The Balaban J connectivity index is 2.06. The van der Waals surface area contributed by atoms with Crippen LogP contribution in [0.3, 0.4) is 0 Å². The maximum Gasteiger partial charge on any atom is 0.164 e. The van der Waals surface area contributed by atoms with E-state index in [4.69, 9.17) is 10.5 Å². The van der Waals surface area contributed by atoms with Gasteiger partial charge in [0.2, 0.25) is 0 Å². The second kappa shape index (κ2) is 6.03. The van der Waals surface area contributed by atoms with Crippen LogP contribution >= 0.6 is 0 Å². The van der Waals surface area contributed by atoms with E-state index in [1.54, 1.807) is 4.68 Å².